The van der Waals surface area contributed by atoms with Crippen molar-refractivity contribution in [2.75, 3.05) is 28.4 Å². The van der Waals surface area contributed by atoms with Crippen molar-refractivity contribution in [1.29, 1.82) is 0 Å². The smallest absolute Gasteiger partial charge is 0.121 e. The van der Waals surface area contributed by atoms with Crippen LogP contribution in [0.15, 0.2) is 97.1 Å². The molecule has 0 saturated carbocycles. The first-order valence-electron chi connectivity index (χ1n) is 15.0. The number of benzene rings is 5. The molecular formula is C40H42O4. The molecule has 5 rings (SSSR count). The number of aryl methyl sites for hydroxylation is 4. The van der Waals surface area contributed by atoms with Crippen LogP contribution in [0.4, 0.5) is 0 Å². The van der Waals surface area contributed by atoms with Gasteiger partial charge in [-0.2, -0.15) is 0 Å². The first kappa shape index (κ1) is 30.7. The van der Waals surface area contributed by atoms with Gasteiger partial charge in [0.05, 0.1) is 28.4 Å². The summed E-state index contributed by atoms with van der Waals surface area (Å²) in [5.41, 5.74) is 11.8. The van der Waals surface area contributed by atoms with Gasteiger partial charge in [-0.15, -0.1) is 0 Å². The molecule has 0 aliphatic rings. The molecule has 5 aromatic rings. The van der Waals surface area contributed by atoms with Gasteiger partial charge >= 0.3 is 0 Å². The minimum atomic E-state index is 0.0446. The molecule has 0 spiro atoms. The lowest BCUT2D eigenvalue weighted by molar-refractivity contribution is 0.411. The quantitative estimate of drug-likeness (QED) is 0.153. The summed E-state index contributed by atoms with van der Waals surface area (Å²) < 4.78 is 22.3. The Labute approximate surface area is 262 Å². The molecule has 0 saturated heterocycles. The van der Waals surface area contributed by atoms with E-state index in [0.29, 0.717) is 0 Å². The topological polar surface area (TPSA) is 36.9 Å². The van der Waals surface area contributed by atoms with Crippen molar-refractivity contribution in [3.8, 4) is 23.0 Å². The Kier molecular flexibility index (Phi) is 9.29. The monoisotopic (exact) mass is 586 g/mol. The average Bonchev–Trinajstić information content (AvgIpc) is 3.02. The zero-order valence-electron chi connectivity index (χ0n) is 27.0. The Balaban J connectivity index is 1.63. The molecule has 5 aromatic carbocycles. The second-order valence-corrected chi connectivity index (χ2v) is 11.4. The van der Waals surface area contributed by atoms with Crippen molar-refractivity contribution >= 4 is 0 Å². The van der Waals surface area contributed by atoms with Gasteiger partial charge < -0.3 is 18.9 Å². The van der Waals surface area contributed by atoms with E-state index in [2.05, 4.69) is 125 Å². The van der Waals surface area contributed by atoms with Gasteiger partial charge in [-0.3, -0.25) is 0 Å². The normalized spacial score (nSPS) is 11.1. The van der Waals surface area contributed by atoms with Crippen molar-refractivity contribution in [2.45, 2.75) is 39.5 Å². The van der Waals surface area contributed by atoms with E-state index in [4.69, 9.17) is 18.9 Å². The molecule has 0 radical (unpaired) electrons. The molecule has 0 unspecified atom stereocenters. The summed E-state index contributed by atoms with van der Waals surface area (Å²) in [6.07, 6.45) is 0. The van der Waals surface area contributed by atoms with E-state index in [0.717, 1.165) is 45.3 Å². The Morgan fingerprint density at radius 1 is 0.318 bits per heavy atom. The molecule has 0 fully saturated rings. The third-order valence-electron chi connectivity index (χ3n) is 8.61. The van der Waals surface area contributed by atoms with E-state index in [1.807, 2.05) is 0 Å². The van der Waals surface area contributed by atoms with Gasteiger partial charge in [0.1, 0.15) is 23.0 Å². The Bertz CT molecular complexity index is 1520. The number of hydrogen-bond donors (Lipinski definition) is 0. The largest absolute Gasteiger partial charge is 0.496 e. The summed E-state index contributed by atoms with van der Waals surface area (Å²) in [5, 5.41) is 0. The molecule has 0 aliphatic heterocycles. The maximum absolute atomic E-state index is 5.58. The lowest BCUT2D eigenvalue weighted by atomic mass is 9.80. The highest BCUT2D eigenvalue weighted by atomic mass is 16.5. The standard InChI is InChI=1S/C40H42O4/c1-25-21-31(13-17-35(25)41-5)39(32-14-18-36(42-6)26(2)22-32)29-9-11-30(12-10-29)40(33-15-19-37(43-7)27(3)23-33)34-16-20-38(44-8)28(4)24-34/h9-24,39-40H,1-8H3. The lowest BCUT2D eigenvalue weighted by Crippen LogP contribution is -2.08. The van der Waals surface area contributed by atoms with Crippen LogP contribution < -0.4 is 18.9 Å². The highest BCUT2D eigenvalue weighted by molar-refractivity contribution is 5.53. The van der Waals surface area contributed by atoms with Crippen LogP contribution in [0, 0.1) is 27.7 Å². The first-order chi connectivity index (χ1) is 21.3. The van der Waals surface area contributed by atoms with Crippen molar-refractivity contribution in [1.82, 2.24) is 0 Å². The van der Waals surface area contributed by atoms with Gasteiger partial charge in [-0.25, -0.2) is 0 Å². The van der Waals surface area contributed by atoms with Crippen molar-refractivity contribution in [3.63, 3.8) is 0 Å². The molecule has 0 bridgehead atoms. The fourth-order valence-electron chi connectivity index (χ4n) is 6.36. The fourth-order valence-corrected chi connectivity index (χ4v) is 6.36. The van der Waals surface area contributed by atoms with Gasteiger partial charge in [0, 0.05) is 11.8 Å². The molecule has 4 nitrogen and oxygen atoms in total. The van der Waals surface area contributed by atoms with Crippen LogP contribution >= 0.6 is 0 Å². The zero-order chi connectivity index (χ0) is 31.4. The molecule has 226 valence electrons. The first-order valence-corrected chi connectivity index (χ1v) is 15.0. The average molecular weight is 587 g/mol. The van der Waals surface area contributed by atoms with Crippen LogP contribution in [-0.2, 0) is 0 Å². The molecule has 44 heavy (non-hydrogen) atoms. The number of hydrogen-bond acceptors (Lipinski definition) is 4. The molecule has 0 atom stereocenters. The molecule has 0 N–H and O–H groups in total. The predicted molar refractivity (Wildman–Crippen MR) is 179 cm³/mol. The third-order valence-corrected chi connectivity index (χ3v) is 8.61. The predicted octanol–water partition coefficient (Wildman–Crippen LogP) is 9.32. The van der Waals surface area contributed by atoms with E-state index in [-0.39, 0.29) is 11.8 Å². The summed E-state index contributed by atoms with van der Waals surface area (Å²) in [5.74, 6) is 3.65. The second-order valence-electron chi connectivity index (χ2n) is 11.4. The summed E-state index contributed by atoms with van der Waals surface area (Å²) >= 11 is 0. The van der Waals surface area contributed by atoms with Gasteiger partial charge in [-0.1, -0.05) is 72.8 Å². The summed E-state index contributed by atoms with van der Waals surface area (Å²) in [7, 11) is 6.87. The minimum absolute atomic E-state index is 0.0446. The minimum Gasteiger partial charge on any atom is -0.496 e. The van der Waals surface area contributed by atoms with E-state index in [9.17, 15) is 0 Å². The second kappa shape index (κ2) is 13.3. The van der Waals surface area contributed by atoms with Crippen LogP contribution in [0.2, 0.25) is 0 Å². The molecule has 0 aliphatic carbocycles. The molecule has 4 heteroatoms. The van der Waals surface area contributed by atoms with Crippen LogP contribution in [0.5, 0.6) is 23.0 Å². The third kappa shape index (κ3) is 6.16. The maximum Gasteiger partial charge on any atom is 0.121 e. The van der Waals surface area contributed by atoms with Gasteiger partial charge in [0.25, 0.3) is 0 Å². The van der Waals surface area contributed by atoms with Crippen molar-refractivity contribution in [2.24, 2.45) is 0 Å². The molecule has 0 amide bonds. The van der Waals surface area contributed by atoms with Gasteiger partial charge in [-0.05, 0) is 108 Å². The number of rotatable bonds is 10. The number of ether oxygens (including phenoxy) is 4. The van der Waals surface area contributed by atoms with Gasteiger partial charge in [0.15, 0.2) is 0 Å². The lowest BCUT2D eigenvalue weighted by Gasteiger charge is -2.24. The Morgan fingerprint density at radius 3 is 0.705 bits per heavy atom. The molecular weight excluding hydrogens is 544 g/mol. The van der Waals surface area contributed by atoms with Crippen molar-refractivity contribution < 1.29 is 18.9 Å². The van der Waals surface area contributed by atoms with Crippen molar-refractivity contribution in [3.05, 3.63) is 153 Å². The summed E-state index contributed by atoms with van der Waals surface area (Å²) in [4.78, 5) is 0. The van der Waals surface area contributed by atoms with E-state index >= 15 is 0 Å². The van der Waals surface area contributed by atoms with Crippen LogP contribution in [0.1, 0.15) is 67.5 Å². The highest BCUT2D eigenvalue weighted by Gasteiger charge is 2.22. The van der Waals surface area contributed by atoms with E-state index in [1.165, 1.54) is 33.4 Å². The Morgan fingerprint density at radius 2 is 0.523 bits per heavy atom. The Hall–Kier alpha value is -4.70. The molecule has 0 aromatic heterocycles. The molecule has 0 heterocycles. The zero-order valence-corrected chi connectivity index (χ0v) is 27.0. The maximum atomic E-state index is 5.58. The van der Waals surface area contributed by atoms with Crippen LogP contribution in [0.3, 0.4) is 0 Å². The summed E-state index contributed by atoms with van der Waals surface area (Å²) in [6.45, 7) is 8.39. The van der Waals surface area contributed by atoms with Crippen LogP contribution in [0.25, 0.3) is 0 Å². The van der Waals surface area contributed by atoms with Gasteiger partial charge in [0.2, 0.25) is 0 Å². The van der Waals surface area contributed by atoms with E-state index < -0.39 is 0 Å². The highest BCUT2D eigenvalue weighted by Crippen LogP contribution is 2.39. The number of methoxy groups -OCH3 is 4. The van der Waals surface area contributed by atoms with E-state index in [1.54, 1.807) is 28.4 Å². The SMILES string of the molecule is COc1ccc(C(c2ccc(C(c3ccc(OC)c(C)c3)c3ccc(OC)c(C)c3)cc2)c2ccc(OC)c(C)c2)cc1C. The fraction of sp³-hybridized carbons (Fsp3) is 0.250. The summed E-state index contributed by atoms with van der Waals surface area (Å²) in [6, 6.07) is 35.0. The van der Waals surface area contributed by atoms with Crippen LogP contribution in [-0.4, -0.2) is 28.4 Å².